The molecule has 0 radical (unpaired) electrons. The summed E-state index contributed by atoms with van der Waals surface area (Å²) < 4.78 is 0. The summed E-state index contributed by atoms with van der Waals surface area (Å²) in [6.45, 7) is 2.98. The molecule has 1 atom stereocenters. The second kappa shape index (κ2) is 7.42. The molecule has 1 saturated heterocycles. The number of amides is 1. The molecular formula is C22H24N4O. The Labute approximate surface area is 160 Å². The number of hydrogen-bond acceptors (Lipinski definition) is 4. The lowest BCUT2D eigenvalue weighted by atomic mass is 9.94. The quantitative estimate of drug-likeness (QED) is 0.855. The SMILES string of the molecule is CN(C(=O)C1CCCNC1)c1cc2c(c(-c3ccccc3)c1)CN(C#N)C2. The summed E-state index contributed by atoms with van der Waals surface area (Å²) in [7, 11) is 1.87. The van der Waals surface area contributed by atoms with Crippen LogP contribution < -0.4 is 10.2 Å². The van der Waals surface area contributed by atoms with Crippen LogP contribution in [0.4, 0.5) is 5.69 Å². The molecule has 2 aliphatic heterocycles. The third-order valence-electron chi connectivity index (χ3n) is 5.63. The van der Waals surface area contributed by atoms with Crippen LogP contribution in [0.1, 0.15) is 24.0 Å². The van der Waals surface area contributed by atoms with Crippen molar-refractivity contribution < 1.29 is 4.79 Å². The van der Waals surface area contributed by atoms with Crippen LogP contribution >= 0.6 is 0 Å². The minimum absolute atomic E-state index is 0.0350. The van der Waals surface area contributed by atoms with E-state index in [2.05, 4.69) is 35.8 Å². The van der Waals surface area contributed by atoms with Gasteiger partial charge in [-0.2, -0.15) is 5.26 Å². The normalized spacial score (nSPS) is 18.7. The molecule has 1 amide bonds. The number of piperidine rings is 1. The lowest BCUT2D eigenvalue weighted by Gasteiger charge is -2.28. The predicted molar refractivity (Wildman–Crippen MR) is 106 cm³/mol. The second-order valence-electron chi connectivity index (χ2n) is 7.39. The fourth-order valence-electron chi connectivity index (χ4n) is 4.10. The van der Waals surface area contributed by atoms with Crippen LogP contribution in [0.25, 0.3) is 11.1 Å². The van der Waals surface area contributed by atoms with Crippen molar-refractivity contribution in [3.05, 3.63) is 53.6 Å². The number of nitriles is 1. The van der Waals surface area contributed by atoms with Gasteiger partial charge in [0.1, 0.15) is 0 Å². The maximum Gasteiger partial charge on any atom is 0.231 e. The lowest BCUT2D eigenvalue weighted by molar-refractivity contribution is -0.122. The van der Waals surface area contributed by atoms with Gasteiger partial charge in [-0.05, 0) is 53.8 Å². The lowest BCUT2D eigenvalue weighted by Crippen LogP contribution is -2.41. The van der Waals surface area contributed by atoms with E-state index in [1.165, 1.54) is 5.56 Å². The molecule has 2 heterocycles. The number of nitrogens with one attached hydrogen (secondary N) is 1. The molecule has 27 heavy (non-hydrogen) atoms. The zero-order valence-electron chi connectivity index (χ0n) is 15.6. The Balaban J connectivity index is 1.72. The molecule has 1 N–H and O–H groups in total. The standard InChI is InChI=1S/C22H24N4O/c1-25(22(27)17-8-5-9-24-12-17)19-10-18-13-26(15-23)14-21(18)20(11-19)16-6-3-2-4-7-16/h2-4,6-7,10-11,17,24H,5,8-9,12-14H2,1H3. The molecule has 2 aromatic carbocycles. The Kier molecular flexibility index (Phi) is 4.83. The Morgan fingerprint density at radius 2 is 2.07 bits per heavy atom. The molecule has 5 heteroatoms. The van der Waals surface area contributed by atoms with Crippen molar-refractivity contribution in [2.24, 2.45) is 5.92 Å². The fourth-order valence-corrected chi connectivity index (χ4v) is 4.10. The van der Waals surface area contributed by atoms with E-state index in [-0.39, 0.29) is 11.8 Å². The van der Waals surface area contributed by atoms with E-state index in [9.17, 15) is 10.1 Å². The summed E-state index contributed by atoms with van der Waals surface area (Å²) >= 11 is 0. The molecule has 5 nitrogen and oxygen atoms in total. The van der Waals surface area contributed by atoms with Gasteiger partial charge in [-0.25, -0.2) is 0 Å². The van der Waals surface area contributed by atoms with Gasteiger partial charge in [-0.15, -0.1) is 0 Å². The highest BCUT2D eigenvalue weighted by Crippen LogP contribution is 2.36. The minimum Gasteiger partial charge on any atom is -0.316 e. The van der Waals surface area contributed by atoms with Crippen LogP contribution in [0.3, 0.4) is 0 Å². The molecule has 0 aliphatic carbocycles. The largest absolute Gasteiger partial charge is 0.316 e. The van der Waals surface area contributed by atoms with Crippen LogP contribution in [-0.4, -0.2) is 30.9 Å². The molecule has 2 aromatic rings. The summed E-state index contributed by atoms with van der Waals surface area (Å²) in [5.74, 6) is 0.198. The number of hydrogen-bond donors (Lipinski definition) is 1. The predicted octanol–water partition coefficient (Wildman–Crippen LogP) is 3.11. The molecule has 0 spiro atoms. The molecule has 0 saturated carbocycles. The molecule has 0 bridgehead atoms. The van der Waals surface area contributed by atoms with Crippen molar-refractivity contribution in [1.82, 2.24) is 10.2 Å². The number of benzene rings is 2. The topological polar surface area (TPSA) is 59.4 Å². The van der Waals surface area contributed by atoms with Crippen molar-refractivity contribution in [1.29, 1.82) is 5.26 Å². The summed E-state index contributed by atoms with van der Waals surface area (Å²) in [4.78, 5) is 16.5. The van der Waals surface area contributed by atoms with Crippen molar-refractivity contribution >= 4 is 11.6 Å². The number of nitrogens with zero attached hydrogens (tertiary/aromatic N) is 3. The van der Waals surface area contributed by atoms with Crippen molar-refractivity contribution in [2.75, 3.05) is 25.0 Å². The fraction of sp³-hybridized carbons (Fsp3) is 0.364. The Bertz CT molecular complexity index is 881. The number of fused-ring (bicyclic) bond motifs is 1. The molecule has 0 aromatic heterocycles. The van der Waals surface area contributed by atoms with Gasteiger partial charge in [-0.1, -0.05) is 30.3 Å². The Morgan fingerprint density at radius 3 is 2.78 bits per heavy atom. The molecule has 4 rings (SSSR count). The first-order valence-corrected chi connectivity index (χ1v) is 9.51. The van der Waals surface area contributed by atoms with E-state index >= 15 is 0 Å². The number of rotatable bonds is 3. The summed E-state index contributed by atoms with van der Waals surface area (Å²) in [5.41, 5.74) is 5.46. The summed E-state index contributed by atoms with van der Waals surface area (Å²) in [5, 5.41) is 12.7. The number of carbonyl (C=O) groups excluding carboxylic acids is 1. The van der Waals surface area contributed by atoms with E-state index in [0.29, 0.717) is 13.1 Å². The monoisotopic (exact) mass is 360 g/mol. The van der Waals surface area contributed by atoms with E-state index in [1.807, 2.05) is 25.2 Å². The average molecular weight is 360 g/mol. The first-order chi connectivity index (χ1) is 13.2. The molecule has 1 fully saturated rings. The molecule has 1 unspecified atom stereocenters. The Hall–Kier alpha value is -2.84. The minimum atomic E-state index is 0.0350. The smallest absolute Gasteiger partial charge is 0.231 e. The maximum atomic E-state index is 13.0. The van der Waals surface area contributed by atoms with E-state index in [4.69, 9.17) is 0 Å². The van der Waals surface area contributed by atoms with Gasteiger partial charge in [0.05, 0.1) is 19.0 Å². The molecular weight excluding hydrogens is 336 g/mol. The average Bonchev–Trinajstić information content (AvgIpc) is 3.16. The highest BCUT2D eigenvalue weighted by Gasteiger charge is 2.27. The third kappa shape index (κ3) is 3.41. The van der Waals surface area contributed by atoms with Crippen molar-refractivity contribution in [2.45, 2.75) is 25.9 Å². The molecule has 138 valence electrons. The van der Waals surface area contributed by atoms with Crippen LogP contribution in [0.2, 0.25) is 0 Å². The van der Waals surface area contributed by atoms with Crippen molar-refractivity contribution in [3.63, 3.8) is 0 Å². The number of carbonyl (C=O) groups is 1. The van der Waals surface area contributed by atoms with Crippen molar-refractivity contribution in [3.8, 4) is 17.3 Å². The van der Waals surface area contributed by atoms with E-state index in [1.54, 1.807) is 9.80 Å². The highest BCUT2D eigenvalue weighted by molar-refractivity contribution is 5.96. The van der Waals surface area contributed by atoms with E-state index in [0.717, 1.165) is 48.3 Å². The zero-order valence-corrected chi connectivity index (χ0v) is 15.6. The maximum absolute atomic E-state index is 13.0. The van der Waals surface area contributed by atoms with Crippen LogP contribution in [0, 0.1) is 17.4 Å². The van der Waals surface area contributed by atoms with E-state index < -0.39 is 0 Å². The first-order valence-electron chi connectivity index (χ1n) is 9.51. The van der Waals surface area contributed by atoms with Gasteiger partial charge >= 0.3 is 0 Å². The second-order valence-corrected chi connectivity index (χ2v) is 7.39. The summed E-state index contributed by atoms with van der Waals surface area (Å²) in [6.07, 6.45) is 4.24. The summed E-state index contributed by atoms with van der Waals surface area (Å²) in [6, 6.07) is 14.4. The van der Waals surface area contributed by atoms with Crippen LogP contribution in [-0.2, 0) is 17.9 Å². The first kappa shape index (κ1) is 17.6. The van der Waals surface area contributed by atoms with Gasteiger partial charge in [0.15, 0.2) is 6.19 Å². The zero-order chi connectivity index (χ0) is 18.8. The van der Waals surface area contributed by atoms with Crippen LogP contribution in [0.5, 0.6) is 0 Å². The van der Waals surface area contributed by atoms with Gasteiger partial charge in [-0.3, -0.25) is 4.79 Å². The molecule has 2 aliphatic rings. The van der Waals surface area contributed by atoms with Gasteiger partial charge in [0, 0.05) is 19.3 Å². The highest BCUT2D eigenvalue weighted by atomic mass is 16.2. The number of anilines is 1. The van der Waals surface area contributed by atoms with Gasteiger partial charge < -0.3 is 15.1 Å². The van der Waals surface area contributed by atoms with Gasteiger partial charge in [0.2, 0.25) is 5.91 Å². The third-order valence-corrected chi connectivity index (χ3v) is 5.63. The van der Waals surface area contributed by atoms with Crippen LogP contribution in [0.15, 0.2) is 42.5 Å². The van der Waals surface area contributed by atoms with Gasteiger partial charge in [0.25, 0.3) is 0 Å². The Morgan fingerprint density at radius 1 is 1.26 bits per heavy atom.